The fraction of sp³-hybridized carbons (Fsp3) is 0.812. The quantitative estimate of drug-likeness (QED) is 0.325. The minimum absolute atomic E-state index is 0.282. The van der Waals surface area contributed by atoms with Gasteiger partial charge in [0.15, 0.2) is 0 Å². The van der Waals surface area contributed by atoms with Crippen LogP contribution in [0.1, 0.15) is 58.3 Å². The average molecular weight is 300 g/mol. The summed E-state index contributed by atoms with van der Waals surface area (Å²) >= 11 is 0. The van der Waals surface area contributed by atoms with Crippen molar-refractivity contribution in [2.75, 3.05) is 0 Å². The van der Waals surface area contributed by atoms with Gasteiger partial charge in [0.1, 0.15) is 12.2 Å². The highest BCUT2D eigenvalue weighted by Crippen LogP contribution is 2.18. The zero-order chi connectivity index (χ0) is 15.7. The molecule has 0 unspecified atom stereocenters. The highest BCUT2D eigenvalue weighted by molar-refractivity contribution is 5.71. The SMILES string of the molecule is CCCCCC[C@H](O)[C@H](O)C/C=C\[C@@H](O)[C@H]1CCC(=O)O1. The van der Waals surface area contributed by atoms with Crippen molar-refractivity contribution >= 4 is 5.97 Å². The highest BCUT2D eigenvalue weighted by atomic mass is 16.6. The van der Waals surface area contributed by atoms with E-state index in [1.165, 1.54) is 6.08 Å². The first-order chi connectivity index (χ1) is 10.0. The molecule has 5 heteroatoms. The summed E-state index contributed by atoms with van der Waals surface area (Å²) in [7, 11) is 0. The van der Waals surface area contributed by atoms with Crippen molar-refractivity contribution in [3.63, 3.8) is 0 Å². The normalized spacial score (nSPS) is 23.2. The Morgan fingerprint density at radius 1 is 1.24 bits per heavy atom. The Hall–Kier alpha value is -0.910. The topological polar surface area (TPSA) is 87.0 Å². The van der Waals surface area contributed by atoms with E-state index in [4.69, 9.17) is 4.74 Å². The second-order valence-corrected chi connectivity index (χ2v) is 5.71. The fourth-order valence-electron chi connectivity index (χ4n) is 2.40. The van der Waals surface area contributed by atoms with Crippen molar-refractivity contribution in [3.05, 3.63) is 12.2 Å². The van der Waals surface area contributed by atoms with Gasteiger partial charge in [0.25, 0.3) is 0 Å². The Morgan fingerprint density at radius 3 is 2.62 bits per heavy atom. The van der Waals surface area contributed by atoms with Crippen LogP contribution in [0.5, 0.6) is 0 Å². The predicted molar refractivity (Wildman–Crippen MR) is 79.7 cm³/mol. The molecule has 5 nitrogen and oxygen atoms in total. The zero-order valence-corrected chi connectivity index (χ0v) is 12.8. The number of esters is 1. The Labute approximate surface area is 126 Å². The van der Waals surface area contributed by atoms with Crippen LogP contribution in [0.4, 0.5) is 0 Å². The van der Waals surface area contributed by atoms with Gasteiger partial charge in [0.2, 0.25) is 0 Å². The van der Waals surface area contributed by atoms with E-state index in [9.17, 15) is 20.1 Å². The Morgan fingerprint density at radius 2 is 2.00 bits per heavy atom. The molecule has 21 heavy (non-hydrogen) atoms. The lowest BCUT2D eigenvalue weighted by Crippen LogP contribution is -2.26. The van der Waals surface area contributed by atoms with E-state index in [-0.39, 0.29) is 12.4 Å². The molecule has 1 rings (SSSR count). The summed E-state index contributed by atoms with van der Waals surface area (Å²) in [5.74, 6) is -0.282. The van der Waals surface area contributed by atoms with Crippen molar-refractivity contribution in [3.8, 4) is 0 Å². The maximum absolute atomic E-state index is 10.9. The van der Waals surface area contributed by atoms with Gasteiger partial charge >= 0.3 is 5.97 Å². The summed E-state index contributed by atoms with van der Waals surface area (Å²) in [5.41, 5.74) is 0. The third-order valence-electron chi connectivity index (χ3n) is 3.81. The molecule has 0 radical (unpaired) electrons. The highest BCUT2D eigenvalue weighted by Gasteiger charge is 2.28. The Balaban J connectivity index is 2.19. The van der Waals surface area contributed by atoms with Crippen molar-refractivity contribution < 1.29 is 24.9 Å². The van der Waals surface area contributed by atoms with Crippen LogP contribution in [-0.4, -0.2) is 45.7 Å². The number of unbranched alkanes of at least 4 members (excludes halogenated alkanes) is 3. The largest absolute Gasteiger partial charge is 0.459 e. The van der Waals surface area contributed by atoms with Gasteiger partial charge in [-0.2, -0.15) is 0 Å². The number of hydrogen-bond donors (Lipinski definition) is 3. The molecule has 1 saturated heterocycles. The van der Waals surface area contributed by atoms with Crippen LogP contribution in [0.25, 0.3) is 0 Å². The van der Waals surface area contributed by atoms with E-state index in [0.717, 1.165) is 25.7 Å². The number of cyclic esters (lactones) is 1. The van der Waals surface area contributed by atoms with Crippen LogP contribution in [0.2, 0.25) is 0 Å². The molecule has 0 aromatic carbocycles. The molecule has 0 aromatic rings. The molecule has 1 heterocycles. The minimum Gasteiger partial charge on any atom is -0.459 e. The Bertz CT molecular complexity index is 329. The van der Waals surface area contributed by atoms with Gasteiger partial charge in [0, 0.05) is 6.42 Å². The van der Waals surface area contributed by atoms with E-state index in [1.54, 1.807) is 6.08 Å². The first kappa shape index (κ1) is 18.1. The molecule has 0 saturated carbocycles. The number of hydrogen-bond acceptors (Lipinski definition) is 5. The number of ether oxygens (including phenoxy) is 1. The van der Waals surface area contributed by atoms with Gasteiger partial charge in [-0.25, -0.2) is 0 Å². The van der Waals surface area contributed by atoms with Crippen molar-refractivity contribution in [2.24, 2.45) is 0 Å². The lowest BCUT2D eigenvalue weighted by Gasteiger charge is -2.17. The van der Waals surface area contributed by atoms with E-state index in [0.29, 0.717) is 19.3 Å². The van der Waals surface area contributed by atoms with Crippen LogP contribution in [0, 0.1) is 0 Å². The van der Waals surface area contributed by atoms with E-state index >= 15 is 0 Å². The molecule has 4 atom stereocenters. The lowest BCUT2D eigenvalue weighted by molar-refractivity contribution is -0.144. The van der Waals surface area contributed by atoms with Crippen molar-refractivity contribution in [2.45, 2.75) is 82.7 Å². The Kier molecular flexibility index (Phi) is 8.57. The van der Waals surface area contributed by atoms with Gasteiger partial charge in [-0.3, -0.25) is 4.79 Å². The van der Waals surface area contributed by atoms with Gasteiger partial charge in [0.05, 0.1) is 12.2 Å². The maximum atomic E-state index is 10.9. The van der Waals surface area contributed by atoms with Crippen LogP contribution in [0.3, 0.4) is 0 Å². The van der Waals surface area contributed by atoms with Crippen molar-refractivity contribution in [1.29, 1.82) is 0 Å². The fourth-order valence-corrected chi connectivity index (χ4v) is 2.40. The molecule has 0 aromatic heterocycles. The number of aliphatic hydroxyl groups is 3. The number of carbonyl (C=O) groups excluding carboxylic acids is 1. The third kappa shape index (κ3) is 7.07. The first-order valence-corrected chi connectivity index (χ1v) is 7.95. The summed E-state index contributed by atoms with van der Waals surface area (Å²) in [5, 5.41) is 29.4. The molecular weight excluding hydrogens is 272 g/mol. The molecule has 1 aliphatic heterocycles. The molecule has 0 aliphatic carbocycles. The standard InChI is InChI=1S/C16H28O5/c1-2-3-4-5-7-12(17)13(18)8-6-9-14(19)15-10-11-16(20)21-15/h6,9,12-15,17-19H,2-5,7-8,10-11H2,1H3/b9-6-/t12-,13+,14+,15+/m0/s1. The summed E-state index contributed by atoms with van der Waals surface area (Å²) < 4.78 is 4.95. The maximum Gasteiger partial charge on any atom is 0.306 e. The second-order valence-electron chi connectivity index (χ2n) is 5.71. The third-order valence-corrected chi connectivity index (χ3v) is 3.81. The molecule has 1 fully saturated rings. The molecule has 1 aliphatic rings. The van der Waals surface area contributed by atoms with Gasteiger partial charge in [-0.1, -0.05) is 44.8 Å². The van der Waals surface area contributed by atoms with Gasteiger partial charge in [-0.15, -0.1) is 0 Å². The van der Waals surface area contributed by atoms with E-state index in [1.807, 2.05) is 0 Å². The number of rotatable bonds is 10. The average Bonchev–Trinajstić information content (AvgIpc) is 2.89. The van der Waals surface area contributed by atoms with Gasteiger partial charge < -0.3 is 20.1 Å². The molecule has 0 amide bonds. The zero-order valence-electron chi connectivity index (χ0n) is 12.8. The summed E-state index contributed by atoms with van der Waals surface area (Å²) in [6.45, 7) is 2.13. The molecular formula is C16H28O5. The first-order valence-electron chi connectivity index (χ1n) is 7.95. The predicted octanol–water partition coefficient (Wildman–Crippen LogP) is 1.69. The van der Waals surface area contributed by atoms with Crippen molar-refractivity contribution in [1.82, 2.24) is 0 Å². The minimum atomic E-state index is -0.842. The van der Waals surface area contributed by atoms with E-state index in [2.05, 4.69) is 6.92 Å². The molecule has 3 N–H and O–H groups in total. The monoisotopic (exact) mass is 300 g/mol. The number of aliphatic hydroxyl groups excluding tert-OH is 3. The smallest absolute Gasteiger partial charge is 0.306 e. The number of carbonyl (C=O) groups is 1. The summed E-state index contributed by atoms with van der Waals surface area (Å²) in [6, 6.07) is 0. The van der Waals surface area contributed by atoms with Crippen LogP contribution >= 0.6 is 0 Å². The van der Waals surface area contributed by atoms with E-state index < -0.39 is 24.4 Å². The second kappa shape index (κ2) is 9.92. The van der Waals surface area contributed by atoms with Crippen LogP contribution in [0.15, 0.2) is 12.2 Å². The molecule has 0 spiro atoms. The van der Waals surface area contributed by atoms with Gasteiger partial charge in [-0.05, 0) is 19.3 Å². The van der Waals surface area contributed by atoms with Crippen LogP contribution < -0.4 is 0 Å². The summed E-state index contributed by atoms with van der Waals surface area (Å²) in [6.07, 6.45) is 6.31. The van der Waals surface area contributed by atoms with Crippen LogP contribution in [-0.2, 0) is 9.53 Å². The molecule has 0 bridgehead atoms. The lowest BCUT2D eigenvalue weighted by atomic mass is 10.0. The molecule has 122 valence electrons. The summed E-state index contributed by atoms with van der Waals surface area (Å²) in [4.78, 5) is 10.9.